The topological polar surface area (TPSA) is 45.2 Å². The van der Waals surface area contributed by atoms with Crippen molar-refractivity contribution in [3.63, 3.8) is 0 Å². The molecule has 0 spiro atoms. The molecule has 0 unspecified atom stereocenters. The lowest BCUT2D eigenvalue weighted by atomic mass is 10.1. The van der Waals surface area contributed by atoms with Gasteiger partial charge < -0.3 is 10.2 Å². The van der Waals surface area contributed by atoms with Crippen LogP contribution >= 0.6 is 0 Å². The van der Waals surface area contributed by atoms with E-state index in [0.29, 0.717) is 5.56 Å². The van der Waals surface area contributed by atoms with E-state index in [1.165, 1.54) is 0 Å². The van der Waals surface area contributed by atoms with Crippen molar-refractivity contribution >= 4 is 22.5 Å². The van der Waals surface area contributed by atoms with Gasteiger partial charge in [0.25, 0.3) is 5.91 Å². The van der Waals surface area contributed by atoms with Crippen LogP contribution in [0, 0.1) is 0 Å². The van der Waals surface area contributed by atoms with Crippen molar-refractivity contribution in [2.45, 2.75) is 20.3 Å². The molecule has 1 heterocycles. The summed E-state index contributed by atoms with van der Waals surface area (Å²) in [6.07, 6.45) is 2.62. The van der Waals surface area contributed by atoms with E-state index in [9.17, 15) is 4.79 Å². The molecule has 1 N–H and O–H groups in total. The second-order valence-corrected chi connectivity index (χ2v) is 4.82. The highest BCUT2D eigenvalue weighted by Gasteiger charge is 2.16. The Morgan fingerprint density at radius 3 is 2.60 bits per heavy atom. The maximum Gasteiger partial charge on any atom is 0.255 e. The molecule has 0 saturated carbocycles. The molecule has 1 amide bonds. The summed E-state index contributed by atoms with van der Waals surface area (Å²) in [5.74, 6) is 0.858. The molecule has 0 aliphatic heterocycles. The highest BCUT2D eigenvalue weighted by atomic mass is 16.2. The molecule has 4 heteroatoms. The van der Waals surface area contributed by atoms with E-state index < -0.39 is 0 Å². The van der Waals surface area contributed by atoms with Gasteiger partial charge in [0.15, 0.2) is 0 Å². The van der Waals surface area contributed by atoms with E-state index in [-0.39, 0.29) is 5.91 Å². The van der Waals surface area contributed by atoms with E-state index >= 15 is 0 Å². The number of benzene rings is 1. The predicted molar refractivity (Wildman–Crippen MR) is 83.2 cm³/mol. The van der Waals surface area contributed by atoms with Crippen LogP contribution in [0.25, 0.3) is 10.8 Å². The van der Waals surface area contributed by atoms with Crippen LogP contribution in [0.5, 0.6) is 0 Å². The van der Waals surface area contributed by atoms with E-state index in [1.807, 2.05) is 38.2 Å². The Morgan fingerprint density at radius 1 is 1.25 bits per heavy atom. The minimum Gasteiger partial charge on any atom is -0.370 e. The van der Waals surface area contributed by atoms with Gasteiger partial charge in [-0.2, -0.15) is 0 Å². The van der Waals surface area contributed by atoms with Crippen LogP contribution in [-0.4, -0.2) is 35.9 Å². The molecule has 0 bridgehead atoms. The van der Waals surface area contributed by atoms with Crippen molar-refractivity contribution in [1.29, 1.82) is 0 Å². The maximum absolute atomic E-state index is 12.5. The molecule has 1 aromatic heterocycles. The summed E-state index contributed by atoms with van der Waals surface area (Å²) in [5.41, 5.74) is 0.665. The Kier molecular flexibility index (Phi) is 4.56. The number of hydrogen-bond acceptors (Lipinski definition) is 3. The number of amides is 1. The van der Waals surface area contributed by atoms with Gasteiger partial charge in [-0.25, -0.2) is 4.98 Å². The van der Waals surface area contributed by atoms with Crippen LogP contribution < -0.4 is 5.32 Å². The van der Waals surface area contributed by atoms with Gasteiger partial charge >= 0.3 is 0 Å². The lowest BCUT2D eigenvalue weighted by Crippen LogP contribution is -2.27. The SMILES string of the molecule is CCCN(C)C(=O)c1cnc(NCC)c2ccccc12. The van der Waals surface area contributed by atoms with Crippen molar-refractivity contribution in [2.24, 2.45) is 0 Å². The van der Waals surface area contributed by atoms with Gasteiger partial charge in [0.1, 0.15) is 5.82 Å². The number of carbonyl (C=O) groups excluding carboxylic acids is 1. The summed E-state index contributed by atoms with van der Waals surface area (Å²) < 4.78 is 0. The lowest BCUT2D eigenvalue weighted by molar-refractivity contribution is 0.0796. The molecule has 0 atom stereocenters. The van der Waals surface area contributed by atoms with E-state index in [4.69, 9.17) is 0 Å². The lowest BCUT2D eigenvalue weighted by Gasteiger charge is -2.18. The van der Waals surface area contributed by atoms with Crippen molar-refractivity contribution in [3.05, 3.63) is 36.0 Å². The molecular formula is C16H21N3O. The smallest absolute Gasteiger partial charge is 0.255 e. The van der Waals surface area contributed by atoms with E-state index in [0.717, 1.165) is 36.1 Å². The summed E-state index contributed by atoms with van der Waals surface area (Å²) in [7, 11) is 1.83. The Bertz CT molecular complexity index is 610. The third kappa shape index (κ3) is 2.74. The summed E-state index contributed by atoms with van der Waals surface area (Å²) in [6, 6.07) is 7.89. The van der Waals surface area contributed by atoms with Crippen LogP contribution in [0.15, 0.2) is 30.5 Å². The zero-order chi connectivity index (χ0) is 14.5. The molecule has 0 fully saturated rings. The molecule has 0 saturated heterocycles. The summed E-state index contributed by atoms with van der Waals surface area (Å²) in [5, 5.41) is 5.18. The summed E-state index contributed by atoms with van der Waals surface area (Å²) in [6.45, 7) is 5.65. The first kappa shape index (κ1) is 14.3. The van der Waals surface area contributed by atoms with E-state index in [1.54, 1.807) is 11.1 Å². The minimum atomic E-state index is 0.0265. The highest BCUT2D eigenvalue weighted by Crippen LogP contribution is 2.25. The molecule has 2 rings (SSSR count). The van der Waals surface area contributed by atoms with Gasteiger partial charge in [-0.3, -0.25) is 4.79 Å². The van der Waals surface area contributed by atoms with Gasteiger partial charge in [0.2, 0.25) is 0 Å². The fourth-order valence-corrected chi connectivity index (χ4v) is 2.31. The number of nitrogens with one attached hydrogen (secondary N) is 1. The van der Waals surface area contributed by atoms with Crippen molar-refractivity contribution in [1.82, 2.24) is 9.88 Å². The van der Waals surface area contributed by atoms with Crippen LogP contribution in [0.3, 0.4) is 0 Å². The van der Waals surface area contributed by atoms with Crippen LogP contribution in [0.2, 0.25) is 0 Å². The predicted octanol–water partition coefficient (Wildman–Crippen LogP) is 3.15. The monoisotopic (exact) mass is 271 g/mol. The molecule has 4 nitrogen and oxygen atoms in total. The van der Waals surface area contributed by atoms with Crippen molar-refractivity contribution in [3.8, 4) is 0 Å². The van der Waals surface area contributed by atoms with Crippen LogP contribution in [-0.2, 0) is 0 Å². The first-order chi connectivity index (χ1) is 9.69. The first-order valence-corrected chi connectivity index (χ1v) is 7.06. The Hall–Kier alpha value is -2.10. The standard InChI is InChI=1S/C16H21N3O/c1-4-10-19(3)16(20)14-11-18-15(17-5-2)13-9-7-6-8-12(13)14/h6-9,11H,4-5,10H2,1-3H3,(H,17,18). The number of nitrogens with zero attached hydrogens (tertiary/aromatic N) is 2. The Labute approximate surface area is 119 Å². The second kappa shape index (κ2) is 6.37. The summed E-state index contributed by atoms with van der Waals surface area (Å²) >= 11 is 0. The number of hydrogen-bond donors (Lipinski definition) is 1. The van der Waals surface area contributed by atoms with Gasteiger partial charge in [0.05, 0.1) is 5.56 Å². The second-order valence-electron chi connectivity index (χ2n) is 4.82. The zero-order valence-corrected chi connectivity index (χ0v) is 12.3. The molecule has 20 heavy (non-hydrogen) atoms. The van der Waals surface area contributed by atoms with E-state index in [2.05, 4.69) is 17.2 Å². The molecule has 1 aromatic carbocycles. The molecule has 0 radical (unpaired) electrons. The van der Waals surface area contributed by atoms with Gasteiger partial charge in [-0.15, -0.1) is 0 Å². The fraction of sp³-hybridized carbons (Fsp3) is 0.375. The number of fused-ring (bicyclic) bond motifs is 1. The number of pyridine rings is 1. The van der Waals surface area contributed by atoms with Crippen LogP contribution in [0.4, 0.5) is 5.82 Å². The number of anilines is 1. The van der Waals surface area contributed by atoms with Gasteiger partial charge in [0, 0.05) is 31.7 Å². The average Bonchev–Trinajstić information content (AvgIpc) is 2.47. The number of carbonyl (C=O) groups is 1. The average molecular weight is 271 g/mol. The van der Waals surface area contributed by atoms with Crippen molar-refractivity contribution < 1.29 is 4.79 Å². The number of rotatable bonds is 5. The van der Waals surface area contributed by atoms with Gasteiger partial charge in [-0.05, 0) is 18.7 Å². The van der Waals surface area contributed by atoms with Gasteiger partial charge in [-0.1, -0.05) is 31.2 Å². The Balaban J connectivity index is 2.50. The fourth-order valence-electron chi connectivity index (χ4n) is 2.31. The summed E-state index contributed by atoms with van der Waals surface area (Å²) in [4.78, 5) is 18.6. The zero-order valence-electron chi connectivity index (χ0n) is 12.3. The third-order valence-corrected chi connectivity index (χ3v) is 3.28. The highest BCUT2D eigenvalue weighted by molar-refractivity contribution is 6.09. The van der Waals surface area contributed by atoms with Crippen molar-refractivity contribution in [2.75, 3.05) is 25.5 Å². The quantitative estimate of drug-likeness (QED) is 0.908. The Morgan fingerprint density at radius 2 is 1.95 bits per heavy atom. The number of aromatic nitrogens is 1. The molecule has 0 aliphatic carbocycles. The molecule has 106 valence electrons. The maximum atomic E-state index is 12.5. The third-order valence-electron chi connectivity index (χ3n) is 3.28. The minimum absolute atomic E-state index is 0.0265. The molecule has 2 aromatic rings. The largest absolute Gasteiger partial charge is 0.370 e. The first-order valence-electron chi connectivity index (χ1n) is 7.06. The van der Waals surface area contributed by atoms with Crippen LogP contribution in [0.1, 0.15) is 30.6 Å². The molecule has 0 aliphatic rings. The normalized spacial score (nSPS) is 10.6. The molecular weight excluding hydrogens is 250 g/mol.